The molecule has 0 N–H and O–H groups in total. The SMILES string of the molecule is COc1ccc(C#N)cc1Cn1ccc(C=O)c1. The van der Waals surface area contributed by atoms with Crippen LogP contribution in [0.3, 0.4) is 0 Å². The van der Waals surface area contributed by atoms with Gasteiger partial charge in [0.15, 0.2) is 6.29 Å². The molecule has 4 nitrogen and oxygen atoms in total. The largest absolute Gasteiger partial charge is 0.496 e. The molecule has 0 aliphatic carbocycles. The number of ether oxygens (including phenoxy) is 1. The van der Waals surface area contributed by atoms with E-state index in [4.69, 9.17) is 10.00 Å². The van der Waals surface area contributed by atoms with E-state index in [1.165, 1.54) is 0 Å². The minimum atomic E-state index is 0.562. The van der Waals surface area contributed by atoms with Crippen LogP contribution in [0.15, 0.2) is 36.7 Å². The van der Waals surface area contributed by atoms with Crippen molar-refractivity contribution in [1.82, 2.24) is 4.57 Å². The Labute approximate surface area is 105 Å². The maximum absolute atomic E-state index is 10.6. The molecule has 4 heteroatoms. The van der Waals surface area contributed by atoms with E-state index in [0.29, 0.717) is 17.7 Å². The van der Waals surface area contributed by atoms with E-state index in [9.17, 15) is 4.79 Å². The first kappa shape index (κ1) is 11.9. The summed E-state index contributed by atoms with van der Waals surface area (Å²) in [5.74, 6) is 0.732. The Morgan fingerprint density at radius 3 is 2.89 bits per heavy atom. The summed E-state index contributed by atoms with van der Waals surface area (Å²) in [5, 5.41) is 8.89. The summed E-state index contributed by atoms with van der Waals surface area (Å²) in [6, 6.07) is 9.13. The van der Waals surface area contributed by atoms with E-state index in [-0.39, 0.29) is 0 Å². The van der Waals surface area contributed by atoms with Gasteiger partial charge < -0.3 is 9.30 Å². The van der Waals surface area contributed by atoms with Gasteiger partial charge in [-0.15, -0.1) is 0 Å². The fourth-order valence-corrected chi connectivity index (χ4v) is 1.80. The van der Waals surface area contributed by atoms with Crippen LogP contribution in [-0.2, 0) is 6.54 Å². The number of methoxy groups -OCH3 is 1. The second-order valence-electron chi connectivity index (χ2n) is 3.87. The van der Waals surface area contributed by atoms with Crippen molar-refractivity contribution in [1.29, 1.82) is 5.26 Å². The quantitative estimate of drug-likeness (QED) is 0.770. The minimum Gasteiger partial charge on any atom is -0.496 e. The smallest absolute Gasteiger partial charge is 0.151 e. The Morgan fingerprint density at radius 1 is 1.44 bits per heavy atom. The Morgan fingerprint density at radius 2 is 2.28 bits per heavy atom. The van der Waals surface area contributed by atoms with Gasteiger partial charge in [0.05, 0.1) is 25.3 Å². The molecule has 0 unspecified atom stereocenters. The monoisotopic (exact) mass is 240 g/mol. The molecule has 2 rings (SSSR count). The van der Waals surface area contributed by atoms with Gasteiger partial charge in [-0.25, -0.2) is 0 Å². The van der Waals surface area contributed by atoms with Crippen LogP contribution in [0.25, 0.3) is 0 Å². The predicted molar refractivity (Wildman–Crippen MR) is 66.6 cm³/mol. The summed E-state index contributed by atoms with van der Waals surface area (Å²) in [7, 11) is 1.59. The van der Waals surface area contributed by atoms with Crippen molar-refractivity contribution in [2.45, 2.75) is 6.54 Å². The second kappa shape index (κ2) is 5.19. The van der Waals surface area contributed by atoms with E-state index in [2.05, 4.69) is 6.07 Å². The van der Waals surface area contributed by atoms with Crippen molar-refractivity contribution in [3.05, 3.63) is 53.3 Å². The lowest BCUT2D eigenvalue weighted by Crippen LogP contribution is -2.00. The van der Waals surface area contributed by atoms with Crippen LogP contribution in [0.4, 0.5) is 0 Å². The zero-order chi connectivity index (χ0) is 13.0. The highest BCUT2D eigenvalue weighted by Crippen LogP contribution is 2.21. The van der Waals surface area contributed by atoms with Gasteiger partial charge in [-0.1, -0.05) is 0 Å². The van der Waals surface area contributed by atoms with Gasteiger partial charge in [-0.2, -0.15) is 5.26 Å². The molecule has 90 valence electrons. The minimum absolute atomic E-state index is 0.562. The molecule has 0 bridgehead atoms. The van der Waals surface area contributed by atoms with Crippen LogP contribution in [-0.4, -0.2) is 18.0 Å². The first-order valence-electron chi connectivity index (χ1n) is 5.45. The van der Waals surface area contributed by atoms with Crippen molar-refractivity contribution < 1.29 is 9.53 Å². The number of hydrogen-bond acceptors (Lipinski definition) is 3. The van der Waals surface area contributed by atoms with Gasteiger partial charge >= 0.3 is 0 Å². The zero-order valence-electron chi connectivity index (χ0n) is 9.96. The molecule has 0 fully saturated rings. The third-order valence-corrected chi connectivity index (χ3v) is 2.67. The normalized spacial score (nSPS) is 9.78. The van der Waals surface area contributed by atoms with E-state index >= 15 is 0 Å². The van der Waals surface area contributed by atoms with Gasteiger partial charge in [0.1, 0.15) is 5.75 Å². The summed E-state index contributed by atoms with van der Waals surface area (Å²) >= 11 is 0. The highest BCUT2D eigenvalue weighted by atomic mass is 16.5. The second-order valence-corrected chi connectivity index (χ2v) is 3.87. The molecule has 18 heavy (non-hydrogen) atoms. The number of aromatic nitrogens is 1. The number of nitrogens with zero attached hydrogens (tertiary/aromatic N) is 2. The van der Waals surface area contributed by atoms with Gasteiger partial charge in [0.25, 0.3) is 0 Å². The lowest BCUT2D eigenvalue weighted by Gasteiger charge is -2.09. The summed E-state index contributed by atoms with van der Waals surface area (Å²) in [6.07, 6.45) is 4.38. The van der Waals surface area contributed by atoms with E-state index in [1.54, 1.807) is 37.6 Å². The standard InChI is InChI=1S/C14H12N2O2/c1-18-14-3-2-11(7-15)6-13(14)9-16-5-4-12(8-16)10-17/h2-6,8,10H,9H2,1H3. The number of carbonyl (C=O) groups is 1. The first-order chi connectivity index (χ1) is 8.76. The third kappa shape index (κ3) is 2.41. The Kier molecular flexibility index (Phi) is 3.44. The summed E-state index contributed by atoms with van der Waals surface area (Å²) < 4.78 is 7.14. The van der Waals surface area contributed by atoms with Crippen LogP contribution in [0.2, 0.25) is 0 Å². The van der Waals surface area contributed by atoms with Crippen LogP contribution in [0, 0.1) is 11.3 Å². The van der Waals surface area contributed by atoms with E-state index in [0.717, 1.165) is 17.6 Å². The maximum Gasteiger partial charge on any atom is 0.151 e. The number of hydrogen-bond donors (Lipinski definition) is 0. The van der Waals surface area contributed by atoms with Crippen molar-refractivity contribution in [2.24, 2.45) is 0 Å². The Balaban J connectivity index is 2.32. The average molecular weight is 240 g/mol. The van der Waals surface area contributed by atoms with Crippen molar-refractivity contribution >= 4 is 6.29 Å². The molecule has 1 heterocycles. The van der Waals surface area contributed by atoms with E-state index < -0.39 is 0 Å². The summed E-state index contributed by atoms with van der Waals surface area (Å²) in [4.78, 5) is 10.6. The van der Waals surface area contributed by atoms with Gasteiger partial charge in [0.2, 0.25) is 0 Å². The third-order valence-electron chi connectivity index (χ3n) is 2.67. The molecule has 0 aliphatic rings. The van der Waals surface area contributed by atoms with Crippen molar-refractivity contribution in [3.63, 3.8) is 0 Å². The molecule has 0 amide bonds. The van der Waals surface area contributed by atoms with Crippen LogP contribution in [0.1, 0.15) is 21.5 Å². The fourth-order valence-electron chi connectivity index (χ4n) is 1.80. The van der Waals surface area contributed by atoms with Gasteiger partial charge in [-0.05, 0) is 24.3 Å². The highest BCUT2D eigenvalue weighted by Gasteiger charge is 2.05. The molecule has 2 aromatic rings. The molecule has 0 atom stereocenters. The van der Waals surface area contributed by atoms with Gasteiger partial charge in [-0.3, -0.25) is 4.79 Å². The summed E-state index contributed by atoms with van der Waals surface area (Å²) in [6.45, 7) is 0.562. The van der Waals surface area contributed by atoms with Crippen LogP contribution < -0.4 is 4.74 Å². The lowest BCUT2D eigenvalue weighted by molar-refractivity contribution is 0.112. The average Bonchev–Trinajstić information content (AvgIpc) is 2.86. The molecule has 0 saturated carbocycles. The van der Waals surface area contributed by atoms with Crippen LogP contribution >= 0.6 is 0 Å². The van der Waals surface area contributed by atoms with Crippen molar-refractivity contribution in [2.75, 3.05) is 7.11 Å². The predicted octanol–water partition coefficient (Wildman–Crippen LogP) is 2.23. The topological polar surface area (TPSA) is 55.0 Å². The number of carbonyl (C=O) groups excluding carboxylic acids is 1. The number of nitriles is 1. The lowest BCUT2D eigenvalue weighted by atomic mass is 10.1. The fraction of sp³-hybridized carbons (Fsp3) is 0.143. The number of benzene rings is 1. The molecule has 0 aliphatic heterocycles. The molecule has 1 aromatic carbocycles. The molecule has 1 aromatic heterocycles. The highest BCUT2D eigenvalue weighted by molar-refractivity contribution is 5.74. The number of aldehydes is 1. The Bertz CT molecular complexity index is 608. The molecule has 0 radical (unpaired) electrons. The molecular weight excluding hydrogens is 228 g/mol. The first-order valence-corrected chi connectivity index (χ1v) is 5.45. The maximum atomic E-state index is 10.6. The Hall–Kier alpha value is -2.54. The van der Waals surface area contributed by atoms with E-state index in [1.807, 2.05) is 10.8 Å². The summed E-state index contributed by atoms with van der Waals surface area (Å²) in [5.41, 5.74) is 2.13. The zero-order valence-corrected chi connectivity index (χ0v) is 9.96. The van der Waals surface area contributed by atoms with Gasteiger partial charge in [0, 0.05) is 23.5 Å². The molecule has 0 saturated heterocycles. The van der Waals surface area contributed by atoms with Crippen LogP contribution in [0.5, 0.6) is 5.75 Å². The number of rotatable bonds is 4. The molecule has 0 spiro atoms. The van der Waals surface area contributed by atoms with Crippen molar-refractivity contribution in [3.8, 4) is 11.8 Å². The molecular formula is C14H12N2O2.